The summed E-state index contributed by atoms with van der Waals surface area (Å²) >= 11 is 0. The number of aliphatic hydroxyl groups is 1. The highest BCUT2D eigenvalue weighted by Gasteiger charge is 2.27. The molecule has 1 aliphatic rings. The summed E-state index contributed by atoms with van der Waals surface area (Å²) in [5, 5.41) is 9.17. The monoisotopic (exact) mass is 250 g/mol. The number of aliphatic hydroxyl groups excluding tert-OH is 1. The number of hydrogen-bond donors (Lipinski definition) is 1. The van der Waals surface area contributed by atoms with Crippen molar-refractivity contribution in [3.05, 3.63) is 23.3 Å². The second-order valence-electron chi connectivity index (χ2n) is 6.43. The Morgan fingerprint density at radius 3 is 2.56 bits per heavy atom. The van der Waals surface area contributed by atoms with E-state index in [-0.39, 0.29) is 6.10 Å². The van der Waals surface area contributed by atoms with Gasteiger partial charge in [-0.2, -0.15) is 0 Å². The summed E-state index contributed by atoms with van der Waals surface area (Å²) in [6.07, 6.45) is 12.6. The molecule has 1 atom stereocenters. The first-order valence-electron chi connectivity index (χ1n) is 7.45. The van der Waals surface area contributed by atoms with Crippen molar-refractivity contribution in [2.75, 3.05) is 0 Å². The predicted molar refractivity (Wildman–Crippen MR) is 79.6 cm³/mol. The van der Waals surface area contributed by atoms with Crippen molar-refractivity contribution in [3.8, 4) is 0 Å². The third kappa shape index (κ3) is 4.97. The molecule has 0 amide bonds. The highest BCUT2D eigenvalue weighted by atomic mass is 16.3. The highest BCUT2D eigenvalue weighted by Crippen LogP contribution is 2.42. The fourth-order valence-corrected chi connectivity index (χ4v) is 3.03. The first-order valence-corrected chi connectivity index (χ1v) is 7.45. The van der Waals surface area contributed by atoms with E-state index in [0.29, 0.717) is 5.41 Å². The molecule has 0 aromatic heterocycles. The van der Waals surface area contributed by atoms with Crippen LogP contribution in [0.1, 0.15) is 72.6 Å². The van der Waals surface area contributed by atoms with E-state index in [1.807, 2.05) is 6.92 Å². The second kappa shape index (κ2) is 7.13. The average molecular weight is 250 g/mol. The number of hydrogen-bond acceptors (Lipinski definition) is 1. The first kappa shape index (κ1) is 15.5. The van der Waals surface area contributed by atoms with Gasteiger partial charge in [-0.15, -0.1) is 0 Å². The van der Waals surface area contributed by atoms with Crippen molar-refractivity contribution in [3.63, 3.8) is 0 Å². The van der Waals surface area contributed by atoms with Crippen LogP contribution in [0.2, 0.25) is 0 Å². The standard InChI is InChI=1S/C17H30O/c1-14-10-9-13-17(3,4)16(14)12-8-6-5-7-11-15(2)18/h5-6,15,18H,7-13H2,1-4H3. The van der Waals surface area contributed by atoms with Crippen LogP contribution in [0.5, 0.6) is 0 Å². The molecule has 1 heteroatoms. The topological polar surface area (TPSA) is 20.2 Å². The molecule has 1 N–H and O–H groups in total. The van der Waals surface area contributed by atoms with Gasteiger partial charge < -0.3 is 5.11 Å². The van der Waals surface area contributed by atoms with Crippen molar-refractivity contribution in [1.29, 1.82) is 0 Å². The maximum absolute atomic E-state index is 9.17. The summed E-state index contributed by atoms with van der Waals surface area (Å²) in [5.74, 6) is 0. The number of rotatable bonds is 6. The van der Waals surface area contributed by atoms with E-state index in [0.717, 1.165) is 19.3 Å². The Kier molecular flexibility index (Phi) is 6.14. The fraction of sp³-hybridized carbons (Fsp3) is 0.765. The normalized spacial score (nSPS) is 21.6. The van der Waals surface area contributed by atoms with Gasteiger partial charge in [0.05, 0.1) is 6.10 Å². The summed E-state index contributed by atoms with van der Waals surface area (Å²) in [6, 6.07) is 0. The lowest BCUT2D eigenvalue weighted by Gasteiger charge is -2.34. The van der Waals surface area contributed by atoms with Crippen molar-refractivity contribution >= 4 is 0 Å². The van der Waals surface area contributed by atoms with Gasteiger partial charge >= 0.3 is 0 Å². The number of allylic oxidation sites excluding steroid dienone is 4. The first-order chi connectivity index (χ1) is 8.43. The molecular weight excluding hydrogens is 220 g/mol. The fourth-order valence-electron chi connectivity index (χ4n) is 3.03. The van der Waals surface area contributed by atoms with Crippen LogP contribution < -0.4 is 0 Å². The van der Waals surface area contributed by atoms with Gasteiger partial charge in [0.1, 0.15) is 0 Å². The molecule has 0 bridgehead atoms. The van der Waals surface area contributed by atoms with Crippen molar-refractivity contribution < 1.29 is 5.11 Å². The third-order valence-corrected chi connectivity index (χ3v) is 4.16. The third-order valence-electron chi connectivity index (χ3n) is 4.16. The summed E-state index contributed by atoms with van der Waals surface area (Å²) in [5.41, 5.74) is 3.73. The van der Waals surface area contributed by atoms with Gasteiger partial charge in [0.15, 0.2) is 0 Å². The Balaban J connectivity index is 2.38. The van der Waals surface area contributed by atoms with Crippen LogP contribution in [0.15, 0.2) is 23.3 Å². The van der Waals surface area contributed by atoms with E-state index >= 15 is 0 Å². The summed E-state index contributed by atoms with van der Waals surface area (Å²) < 4.78 is 0. The lowest BCUT2D eigenvalue weighted by atomic mass is 9.71. The van der Waals surface area contributed by atoms with Crippen LogP contribution in [0, 0.1) is 5.41 Å². The van der Waals surface area contributed by atoms with Crippen LogP contribution in [-0.4, -0.2) is 11.2 Å². The van der Waals surface area contributed by atoms with E-state index in [1.165, 1.54) is 25.7 Å². The van der Waals surface area contributed by atoms with Crippen LogP contribution >= 0.6 is 0 Å². The van der Waals surface area contributed by atoms with Gasteiger partial charge in [-0.25, -0.2) is 0 Å². The van der Waals surface area contributed by atoms with Gasteiger partial charge in [0.2, 0.25) is 0 Å². The van der Waals surface area contributed by atoms with Crippen LogP contribution in [-0.2, 0) is 0 Å². The molecule has 1 rings (SSSR count). The van der Waals surface area contributed by atoms with E-state index in [2.05, 4.69) is 32.9 Å². The lowest BCUT2D eigenvalue weighted by Crippen LogP contribution is -2.20. The Labute approximate surface area is 113 Å². The van der Waals surface area contributed by atoms with E-state index in [9.17, 15) is 5.11 Å². The molecule has 18 heavy (non-hydrogen) atoms. The van der Waals surface area contributed by atoms with Crippen molar-refractivity contribution in [2.24, 2.45) is 5.41 Å². The second-order valence-corrected chi connectivity index (χ2v) is 6.43. The minimum atomic E-state index is -0.170. The molecule has 0 aromatic rings. The van der Waals surface area contributed by atoms with Crippen molar-refractivity contribution in [1.82, 2.24) is 0 Å². The van der Waals surface area contributed by atoms with Gasteiger partial charge in [0, 0.05) is 0 Å². The molecule has 0 spiro atoms. The molecular formula is C17H30O. The maximum atomic E-state index is 9.17. The molecule has 1 nitrogen and oxygen atoms in total. The highest BCUT2D eigenvalue weighted by molar-refractivity contribution is 5.22. The quantitative estimate of drug-likeness (QED) is 0.657. The zero-order valence-electron chi connectivity index (χ0n) is 12.6. The van der Waals surface area contributed by atoms with Crippen LogP contribution in [0.25, 0.3) is 0 Å². The van der Waals surface area contributed by atoms with Gasteiger partial charge in [-0.3, -0.25) is 0 Å². The molecule has 0 saturated heterocycles. The van der Waals surface area contributed by atoms with Crippen LogP contribution in [0.3, 0.4) is 0 Å². The molecule has 1 unspecified atom stereocenters. The molecule has 0 heterocycles. The summed E-state index contributed by atoms with van der Waals surface area (Å²) in [6.45, 7) is 8.95. The van der Waals surface area contributed by atoms with Crippen LogP contribution in [0.4, 0.5) is 0 Å². The average Bonchev–Trinajstić information content (AvgIpc) is 2.25. The minimum absolute atomic E-state index is 0.170. The zero-order valence-corrected chi connectivity index (χ0v) is 12.6. The minimum Gasteiger partial charge on any atom is -0.393 e. The zero-order chi connectivity index (χ0) is 13.6. The Morgan fingerprint density at radius 1 is 1.28 bits per heavy atom. The molecule has 0 aliphatic heterocycles. The van der Waals surface area contributed by atoms with Gasteiger partial charge in [0.25, 0.3) is 0 Å². The molecule has 1 aliphatic carbocycles. The smallest absolute Gasteiger partial charge is 0.0515 e. The largest absolute Gasteiger partial charge is 0.393 e. The molecule has 104 valence electrons. The molecule has 0 radical (unpaired) electrons. The summed E-state index contributed by atoms with van der Waals surface area (Å²) in [7, 11) is 0. The Morgan fingerprint density at radius 2 is 1.94 bits per heavy atom. The Bertz CT molecular complexity index is 308. The SMILES string of the molecule is CC1=C(CCC=CCCC(C)O)C(C)(C)CCC1. The predicted octanol–water partition coefficient (Wildman–Crippen LogP) is 5.01. The Hall–Kier alpha value is -0.560. The van der Waals surface area contributed by atoms with E-state index in [4.69, 9.17) is 0 Å². The van der Waals surface area contributed by atoms with Gasteiger partial charge in [-0.05, 0) is 64.2 Å². The molecule has 0 fully saturated rings. The van der Waals surface area contributed by atoms with Crippen molar-refractivity contribution in [2.45, 2.75) is 78.7 Å². The maximum Gasteiger partial charge on any atom is 0.0515 e. The van der Waals surface area contributed by atoms with E-state index in [1.54, 1.807) is 11.1 Å². The molecule has 0 aromatic carbocycles. The van der Waals surface area contributed by atoms with E-state index < -0.39 is 0 Å². The molecule has 0 saturated carbocycles. The van der Waals surface area contributed by atoms with Gasteiger partial charge in [-0.1, -0.05) is 37.1 Å². The lowest BCUT2D eigenvalue weighted by molar-refractivity contribution is 0.186. The summed E-state index contributed by atoms with van der Waals surface area (Å²) in [4.78, 5) is 0.